The smallest absolute Gasteiger partial charge is 0.266 e. The van der Waals surface area contributed by atoms with Crippen molar-refractivity contribution in [2.75, 3.05) is 5.73 Å². The van der Waals surface area contributed by atoms with Crippen LogP contribution in [0.15, 0.2) is 113 Å². The van der Waals surface area contributed by atoms with E-state index in [-0.39, 0.29) is 33.8 Å². The monoisotopic (exact) mass is 853 g/mol. The largest absolute Gasteiger partial charge is 0.382 e. The number of nitrogen functional groups attached to an aromatic ring is 1. The molecule has 296 valence electrons. The first kappa shape index (κ1) is 38.4. The summed E-state index contributed by atoms with van der Waals surface area (Å²) < 4.78 is 4.78. The van der Waals surface area contributed by atoms with E-state index in [9.17, 15) is 9.59 Å². The molecular weight excluding hydrogens is 826 g/mol. The highest BCUT2D eigenvalue weighted by atomic mass is 35.5. The van der Waals surface area contributed by atoms with E-state index in [1.54, 1.807) is 53.9 Å². The lowest BCUT2D eigenvalue weighted by molar-refractivity contribution is 0.717. The Morgan fingerprint density at radius 3 is 1.97 bits per heavy atom. The molecule has 0 aliphatic rings. The summed E-state index contributed by atoms with van der Waals surface area (Å²) in [5.74, 6) is 1.68. The zero-order valence-electron chi connectivity index (χ0n) is 31.5. The third-order valence-electron chi connectivity index (χ3n) is 9.58. The molecule has 0 unspecified atom stereocenters. The molecule has 10 aromatic rings. The van der Waals surface area contributed by atoms with Crippen LogP contribution in [0, 0.1) is 13.8 Å². The van der Waals surface area contributed by atoms with Gasteiger partial charge < -0.3 is 15.3 Å². The number of H-pyrrole nitrogens is 1. The number of rotatable bonds is 7. The lowest BCUT2D eigenvalue weighted by Gasteiger charge is -2.15. The quantitative estimate of drug-likeness (QED) is 0.103. The molecule has 0 amide bonds. The number of benzene rings is 2. The first-order valence-electron chi connectivity index (χ1n) is 18.1. The Morgan fingerprint density at radius 1 is 0.700 bits per heavy atom. The highest BCUT2D eigenvalue weighted by Gasteiger charge is 2.20. The number of fused-ring (bicyclic) bond motifs is 4. The fraction of sp³-hybridized carbons (Fsp3) is 0.100. The maximum Gasteiger partial charge on any atom is 0.266 e. The number of pyridine rings is 2. The standard InChI is InChI=1S/C20H15ClN8O.C20H14ClN7OS/c1-11-4-2-5-12-15(11)20(30)29(13-6-3-7-23-17(13)21)14(27-12)8-28-10-26-16-18(22)24-9-25-19(16)28;1-11-4-2-5-12-15(11)20(29)28(13-6-3-7-22-17(13)21)14(27-12)8-30-19-16-18(24-9-23-16)25-10-26-19/h2-7,9-10H,8H2,1H3,(H2,22,24,25);2-7,9-10H,8H2,1H3,(H,23,24,25,26). The molecule has 0 saturated heterocycles. The minimum Gasteiger partial charge on any atom is -0.382 e. The van der Waals surface area contributed by atoms with Crippen molar-refractivity contribution in [3.63, 3.8) is 0 Å². The van der Waals surface area contributed by atoms with Gasteiger partial charge in [0.25, 0.3) is 11.1 Å². The predicted octanol–water partition coefficient (Wildman–Crippen LogP) is 6.21. The van der Waals surface area contributed by atoms with Crippen LogP contribution in [-0.4, -0.2) is 68.5 Å². The van der Waals surface area contributed by atoms with Crippen molar-refractivity contribution in [2.24, 2.45) is 0 Å². The number of nitrogens with two attached hydrogens (primary N) is 1. The minimum absolute atomic E-state index is 0.182. The summed E-state index contributed by atoms with van der Waals surface area (Å²) in [4.78, 5) is 73.0. The number of thioether (sulfide) groups is 1. The van der Waals surface area contributed by atoms with E-state index < -0.39 is 0 Å². The molecule has 0 saturated carbocycles. The Bertz CT molecular complexity index is 3400. The molecule has 2 aromatic carbocycles. The van der Waals surface area contributed by atoms with Gasteiger partial charge in [-0.15, -0.1) is 0 Å². The van der Waals surface area contributed by atoms with E-state index in [1.165, 1.54) is 33.6 Å². The van der Waals surface area contributed by atoms with Crippen LogP contribution < -0.4 is 16.9 Å². The molecular formula is C40H29Cl2N15O2S. The van der Waals surface area contributed by atoms with E-state index in [2.05, 4.69) is 44.9 Å². The van der Waals surface area contributed by atoms with Crippen LogP contribution >= 0.6 is 35.0 Å². The van der Waals surface area contributed by atoms with Gasteiger partial charge in [0, 0.05) is 12.4 Å². The van der Waals surface area contributed by atoms with Crippen molar-refractivity contribution in [3.8, 4) is 11.4 Å². The molecule has 3 N–H and O–H groups in total. The Balaban J connectivity index is 0.000000154. The topological polar surface area (TPSA) is 220 Å². The number of aromatic amines is 1. The van der Waals surface area contributed by atoms with Gasteiger partial charge in [0.05, 0.1) is 58.1 Å². The summed E-state index contributed by atoms with van der Waals surface area (Å²) in [5.41, 5.74) is 11.7. The average Bonchev–Trinajstić information content (AvgIpc) is 3.90. The Hall–Kier alpha value is -7.15. The number of halogens is 2. The van der Waals surface area contributed by atoms with Gasteiger partial charge in [-0.1, -0.05) is 59.2 Å². The Morgan fingerprint density at radius 2 is 1.32 bits per heavy atom. The maximum atomic E-state index is 13.5. The van der Waals surface area contributed by atoms with E-state index in [0.717, 1.165) is 21.7 Å². The first-order chi connectivity index (χ1) is 29.2. The minimum atomic E-state index is -0.221. The SMILES string of the molecule is Cc1cccc2nc(CSc3ncnc4nc[nH]c34)n(-c3cccnc3Cl)c(=O)c12.Cc1cccc2nc(Cn3cnc4c(N)ncnc43)n(-c3cccnc3Cl)c(=O)c12. The highest BCUT2D eigenvalue weighted by Crippen LogP contribution is 2.28. The molecule has 10 rings (SSSR count). The lowest BCUT2D eigenvalue weighted by atomic mass is 10.1. The molecule has 0 bridgehead atoms. The van der Waals surface area contributed by atoms with Gasteiger partial charge in [-0.3, -0.25) is 18.7 Å². The summed E-state index contributed by atoms with van der Waals surface area (Å²) in [6.07, 6.45) is 9.16. The molecule has 20 heteroatoms. The van der Waals surface area contributed by atoms with Crippen LogP contribution in [0.25, 0.3) is 55.5 Å². The van der Waals surface area contributed by atoms with Crippen molar-refractivity contribution >= 4 is 84.9 Å². The summed E-state index contributed by atoms with van der Waals surface area (Å²) >= 11 is 14.1. The number of nitrogens with one attached hydrogen (secondary N) is 1. The number of imidazole rings is 2. The summed E-state index contributed by atoms with van der Waals surface area (Å²) in [5, 5.41) is 2.25. The van der Waals surface area contributed by atoms with E-state index >= 15 is 0 Å². The van der Waals surface area contributed by atoms with Gasteiger partial charge in [0.1, 0.15) is 40.4 Å². The van der Waals surface area contributed by atoms with E-state index in [4.69, 9.17) is 38.9 Å². The zero-order chi connectivity index (χ0) is 41.5. The van der Waals surface area contributed by atoms with Gasteiger partial charge in [-0.05, 0) is 61.4 Å². The van der Waals surface area contributed by atoms with Crippen LogP contribution in [0.2, 0.25) is 10.3 Å². The van der Waals surface area contributed by atoms with Crippen LogP contribution in [-0.2, 0) is 12.3 Å². The van der Waals surface area contributed by atoms with Crippen LogP contribution in [0.5, 0.6) is 0 Å². The number of hydrogen-bond acceptors (Lipinski definition) is 14. The first-order valence-corrected chi connectivity index (χ1v) is 19.8. The van der Waals surface area contributed by atoms with Crippen molar-refractivity contribution in [2.45, 2.75) is 31.2 Å². The fourth-order valence-corrected chi connectivity index (χ4v) is 8.11. The number of hydrogen-bond donors (Lipinski definition) is 2. The molecule has 0 aliphatic carbocycles. The van der Waals surface area contributed by atoms with Crippen molar-refractivity contribution in [1.82, 2.24) is 68.5 Å². The third-order valence-corrected chi connectivity index (χ3v) is 11.1. The third kappa shape index (κ3) is 6.95. The normalized spacial score (nSPS) is 11.4. The second-order valence-electron chi connectivity index (χ2n) is 13.3. The molecule has 17 nitrogen and oxygen atoms in total. The summed E-state index contributed by atoms with van der Waals surface area (Å²) in [7, 11) is 0. The number of aromatic nitrogens is 14. The second kappa shape index (κ2) is 15.9. The molecule has 0 spiro atoms. The van der Waals surface area contributed by atoms with Crippen molar-refractivity contribution in [1.29, 1.82) is 0 Å². The summed E-state index contributed by atoms with van der Waals surface area (Å²) in [6.45, 7) is 3.99. The molecule has 8 aromatic heterocycles. The van der Waals surface area contributed by atoms with Gasteiger partial charge >= 0.3 is 0 Å². The fourth-order valence-electron chi connectivity index (χ4n) is 6.82. The highest BCUT2D eigenvalue weighted by molar-refractivity contribution is 7.98. The van der Waals surface area contributed by atoms with Crippen LogP contribution in [0.1, 0.15) is 22.8 Å². The molecule has 60 heavy (non-hydrogen) atoms. The van der Waals surface area contributed by atoms with Crippen LogP contribution in [0.4, 0.5) is 5.82 Å². The number of aryl methyl sites for hydroxylation is 2. The molecule has 8 heterocycles. The Labute approximate surface area is 352 Å². The zero-order valence-corrected chi connectivity index (χ0v) is 33.9. The lowest BCUT2D eigenvalue weighted by Crippen LogP contribution is -2.26. The number of anilines is 1. The summed E-state index contributed by atoms with van der Waals surface area (Å²) in [6, 6.07) is 18.1. The van der Waals surface area contributed by atoms with Gasteiger partial charge in [0.15, 0.2) is 27.4 Å². The van der Waals surface area contributed by atoms with Crippen molar-refractivity contribution < 1.29 is 0 Å². The molecule has 0 radical (unpaired) electrons. The van der Waals surface area contributed by atoms with Gasteiger partial charge in [-0.2, -0.15) is 0 Å². The molecule has 0 aliphatic heterocycles. The maximum absolute atomic E-state index is 13.5. The predicted molar refractivity (Wildman–Crippen MR) is 230 cm³/mol. The van der Waals surface area contributed by atoms with E-state index in [1.807, 2.05) is 50.2 Å². The molecule has 0 atom stereocenters. The van der Waals surface area contributed by atoms with Crippen LogP contribution in [0.3, 0.4) is 0 Å². The van der Waals surface area contributed by atoms with Gasteiger partial charge in [0.2, 0.25) is 0 Å². The molecule has 0 fully saturated rings. The second-order valence-corrected chi connectivity index (χ2v) is 15.0. The van der Waals surface area contributed by atoms with Gasteiger partial charge in [-0.25, -0.2) is 49.8 Å². The average molecular weight is 855 g/mol. The van der Waals surface area contributed by atoms with Crippen molar-refractivity contribution in [3.05, 3.63) is 152 Å². The Kier molecular flexibility index (Phi) is 10.2. The van der Waals surface area contributed by atoms with E-state index in [0.29, 0.717) is 67.4 Å². The number of nitrogens with zero attached hydrogens (tertiary/aromatic N) is 13.